The number of aromatic amines is 1. The van der Waals surface area contributed by atoms with Crippen LogP contribution in [0.2, 0.25) is 0 Å². The Morgan fingerprint density at radius 1 is 1.44 bits per heavy atom. The number of phenols is 2. The van der Waals surface area contributed by atoms with Crippen LogP contribution in [0.5, 0.6) is 11.5 Å². The zero-order valence-electron chi connectivity index (χ0n) is 9.45. The second kappa shape index (κ2) is 4.70. The van der Waals surface area contributed by atoms with Crippen molar-refractivity contribution in [2.24, 2.45) is 0 Å². The van der Waals surface area contributed by atoms with Gasteiger partial charge in [-0.25, -0.2) is 0 Å². The van der Waals surface area contributed by atoms with Gasteiger partial charge in [-0.3, -0.25) is 4.79 Å². The van der Waals surface area contributed by atoms with E-state index in [9.17, 15) is 9.90 Å². The number of aromatic hydroxyl groups is 2. The van der Waals surface area contributed by atoms with Gasteiger partial charge in [-0.15, -0.1) is 10.2 Å². The number of nitrogens with one attached hydrogen (secondary N) is 2. The summed E-state index contributed by atoms with van der Waals surface area (Å²) in [6, 6.07) is 3.27. The summed E-state index contributed by atoms with van der Waals surface area (Å²) in [5.41, 5.74) is 0.0585. The van der Waals surface area contributed by atoms with E-state index in [4.69, 9.17) is 5.11 Å². The minimum Gasteiger partial charge on any atom is -0.508 e. The highest BCUT2D eigenvalue weighted by atomic mass is 16.3. The molecule has 1 aromatic carbocycles. The number of nitrogens with zero attached hydrogens (tertiary/aromatic N) is 3. The molecule has 18 heavy (non-hydrogen) atoms. The van der Waals surface area contributed by atoms with E-state index in [1.54, 1.807) is 6.92 Å². The molecule has 0 aliphatic carbocycles. The van der Waals surface area contributed by atoms with E-state index in [0.717, 1.165) is 6.07 Å². The first-order valence-corrected chi connectivity index (χ1v) is 5.14. The molecular formula is C10H11N5O3. The molecule has 2 aromatic rings. The number of tetrazole rings is 1. The van der Waals surface area contributed by atoms with Crippen molar-refractivity contribution in [2.45, 2.75) is 13.0 Å². The molecule has 94 valence electrons. The summed E-state index contributed by atoms with van der Waals surface area (Å²) in [5, 5.41) is 34.4. The molecule has 0 spiro atoms. The third kappa shape index (κ3) is 2.37. The van der Waals surface area contributed by atoms with Gasteiger partial charge in [0.25, 0.3) is 5.91 Å². The molecular weight excluding hydrogens is 238 g/mol. The fraction of sp³-hybridized carbons (Fsp3) is 0.200. The normalized spacial score (nSPS) is 12.1. The first-order valence-electron chi connectivity index (χ1n) is 5.14. The van der Waals surface area contributed by atoms with Crippen LogP contribution < -0.4 is 5.32 Å². The molecule has 0 radical (unpaired) electrons. The highest BCUT2D eigenvalue weighted by Crippen LogP contribution is 2.22. The summed E-state index contributed by atoms with van der Waals surface area (Å²) in [4.78, 5) is 11.8. The zero-order valence-corrected chi connectivity index (χ0v) is 9.45. The Morgan fingerprint density at radius 2 is 2.22 bits per heavy atom. The van der Waals surface area contributed by atoms with Gasteiger partial charge in [0.15, 0.2) is 5.82 Å². The van der Waals surface area contributed by atoms with Crippen molar-refractivity contribution in [1.82, 2.24) is 25.9 Å². The summed E-state index contributed by atoms with van der Waals surface area (Å²) in [6.07, 6.45) is 0. The van der Waals surface area contributed by atoms with Gasteiger partial charge in [-0.2, -0.15) is 5.21 Å². The maximum atomic E-state index is 11.8. The molecule has 0 saturated heterocycles. The minimum absolute atomic E-state index is 0.0585. The zero-order chi connectivity index (χ0) is 13.1. The molecule has 0 saturated carbocycles. The number of amides is 1. The molecule has 8 nitrogen and oxygen atoms in total. The third-order valence-electron chi connectivity index (χ3n) is 2.32. The molecule has 0 aliphatic rings. The molecule has 2 rings (SSSR count). The van der Waals surface area contributed by atoms with Gasteiger partial charge in [0.05, 0.1) is 11.6 Å². The summed E-state index contributed by atoms with van der Waals surface area (Å²) < 4.78 is 0. The van der Waals surface area contributed by atoms with Crippen molar-refractivity contribution >= 4 is 5.91 Å². The topological polar surface area (TPSA) is 124 Å². The number of H-pyrrole nitrogens is 1. The average Bonchev–Trinajstić information content (AvgIpc) is 2.81. The number of aromatic nitrogens is 4. The lowest BCUT2D eigenvalue weighted by Gasteiger charge is -2.10. The second-order valence-electron chi connectivity index (χ2n) is 3.67. The Kier molecular flexibility index (Phi) is 3.09. The quantitative estimate of drug-likeness (QED) is 0.611. The van der Waals surface area contributed by atoms with Gasteiger partial charge in [-0.1, -0.05) is 5.21 Å². The van der Waals surface area contributed by atoms with E-state index in [1.807, 2.05) is 0 Å². The molecule has 0 bridgehead atoms. The monoisotopic (exact) mass is 249 g/mol. The Hall–Kier alpha value is -2.64. The Balaban J connectivity index is 2.12. The molecule has 4 N–H and O–H groups in total. The largest absolute Gasteiger partial charge is 0.508 e. The van der Waals surface area contributed by atoms with Gasteiger partial charge in [0.1, 0.15) is 11.5 Å². The van der Waals surface area contributed by atoms with E-state index < -0.39 is 11.9 Å². The summed E-state index contributed by atoms with van der Waals surface area (Å²) >= 11 is 0. The molecule has 1 atom stereocenters. The van der Waals surface area contributed by atoms with Gasteiger partial charge in [0.2, 0.25) is 0 Å². The van der Waals surface area contributed by atoms with Crippen molar-refractivity contribution in [1.29, 1.82) is 0 Å². The summed E-state index contributed by atoms with van der Waals surface area (Å²) in [5.74, 6) is -0.575. The predicted molar refractivity (Wildman–Crippen MR) is 59.8 cm³/mol. The number of carbonyl (C=O) groups is 1. The number of hydrogen-bond donors (Lipinski definition) is 4. The van der Waals surface area contributed by atoms with Crippen LogP contribution in [0.15, 0.2) is 18.2 Å². The third-order valence-corrected chi connectivity index (χ3v) is 2.32. The van der Waals surface area contributed by atoms with Crippen molar-refractivity contribution < 1.29 is 15.0 Å². The maximum absolute atomic E-state index is 11.8. The molecule has 0 fully saturated rings. The van der Waals surface area contributed by atoms with E-state index in [-0.39, 0.29) is 17.1 Å². The maximum Gasteiger partial charge on any atom is 0.255 e. The molecule has 1 aromatic heterocycles. The van der Waals surface area contributed by atoms with Crippen LogP contribution >= 0.6 is 0 Å². The van der Waals surface area contributed by atoms with Gasteiger partial charge >= 0.3 is 0 Å². The SMILES string of the molecule is CC(NC(=O)c1ccc(O)cc1O)c1nn[nH]n1. The van der Waals surface area contributed by atoms with Crippen molar-refractivity contribution in [2.75, 3.05) is 0 Å². The van der Waals surface area contributed by atoms with Crippen LogP contribution in [0.25, 0.3) is 0 Å². The number of carbonyl (C=O) groups excluding carboxylic acids is 1. The standard InChI is InChI=1S/C10H11N5O3/c1-5(9-12-14-15-13-9)11-10(18)7-3-2-6(16)4-8(7)17/h2-5,16-17H,1H3,(H,11,18)(H,12,13,14,15). The highest BCUT2D eigenvalue weighted by Gasteiger charge is 2.17. The van der Waals surface area contributed by atoms with E-state index in [2.05, 4.69) is 25.9 Å². The summed E-state index contributed by atoms with van der Waals surface area (Å²) in [6.45, 7) is 1.68. The van der Waals surface area contributed by atoms with Crippen LogP contribution in [0.4, 0.5) is 0 Å². The molecule has 8 heteroatoms. The van der Waals surface area contributed by atoms with E-state index in [0.29, 0.717) is 5.82 Å². The van der Waals surface area contributed by atoms with Crippen molar-refractivity contribution in [3.8, 4) is 11.5 Å². The van der Waals surface area contributed by atoms with Crippen LogP contribution in [0.1, 0.15) is 29.1 Å². The molecule has 1 unspecified atom stereocenters. The number of hydrogen-bond acceptors (Lipinski definition) is 6. The Labute approximate surface area is 102 Å². The molecule has 1 heterocycles. The Morgan fingerprint density at radius 3 is 2.83 bits per heavy atom. The van der Waals surface area contributed by atoms with Crippen LogP contribution in [0, 0.1) is 0 Å². The van der Waals surface area contributed by atoms with Crippen molar-refractivity contribution in [3.05, 3.63) is 29.6 Å². The Bertz CT molecular complexity index is 555. The smallest absolute Gasteiger partial charge is 0.255 e. The number of phenolic OH excluding ortho intramolecular Hbond substituents is 2. The second-order valence-corrected chi connectivity index (χ2v) is 3.67. The first kappa shape index (κ1) is 11.8. The lowest BCUT2D eigenvalue weighted by atomic mass is 10.1. The van der Waals surface area contributed by atoms with Gasteiger partial charge in [-0.05, 0) is 19.1 Å². The lowest BCUT2D eigenvalue weighted by molar-refractivity contribution is 0.0935. The fourth-order valence-corrected chi connectivity index (χ4v) is 1.40. The summed E-state index contributed by atoms with van der Waals surface area (Å²) in [7, 11) is 0. The van der Waals surface area contributed by atoms with Crippen LogP contribution in [-0.2, 0) is 0 Å². The molecule has 1 amide bonds. The lowest BCUT2D eigenvalue weighted by Crippen LogP contribution is -2.27. The van der Waals surface area contributed by atoms with Gasteiger partial charge in [0, 0.05) is 6.07 Å². The average molecular weight is 249 g/mol. The van der Waals surface area contributed by atoms with Crippen LogP contribution in [0.3, 0.4) is 0 Å². The molecule has 0 aliphatic heterocycles. The number of rotatable bonds is 3. The number of benzene rings is 1. The minimum atomic E-state index is -0.496. The van der Waals surface area contributed by atoms with Crippen LogP contribution in [-0.4, -0.2) is 36.7 Å². The van der Waals surface area contributed by atoms with Gasteiger partial charge < -0.3 is 15.5 Å². The predicted octanol–water partition coefficient (Wildman–Crippen LogP) is 0.102. The van der Waals surface area contributed by atoms with E-state index in [1.165, 1.54) is 12.1 Å². The first-order chi connectivity index (χ1) is 8.58. The van der Waals surface area contributed by atoms with E-state index >= 15 is 0 Å². The highest BCUT2D eigenvalue weighted by molar-refractivity contribution is 5.97. The van der Waals surface area contributed by atoms with Crippen molar-refractivity contribution in [3.63, 3.8) is 0 Å². The fourth-order valence-electron chi connectivity index (χ4n) is 1.40.